The van der Waals surface area contributed by atoms with Gasteiger partial charge >= 0.3 is 12.0 Å². The summed E-state index contributed by atoms with van der Waals surface area (Å²) in [5.41, 5.74) is 0.784. The van der Waals surface area contributed by atoms with Crippen LogP contribution in [-0.2, 0) is 4.79 Å². The van der Waals surface area contributed by atoms with Crippen LogP contribution in [0.2, 0.25) is 0 Å². The Balaban J connectivity index is 2.01. The van der Waals surface area contributed by atoms with Crippen LogP contribution in [0.4, 0.5) is 20.6 Å². The number of esters is 1. The van der Waals surface area contributed by atoms with E-state index in [0.29, 0.717) is 17.1 Å². The van der Waals surface area contributed by atoms with Crippen LogP contribution in [0.3, 0.4) is 0 Å². The van der Waals surface area contributed by atoms with E-state index < -0.39 is 17.8 Å². The number of hydrogen-bond acceptors (Lipinski definition) is 3. The van der Waals surface area contributed by atoms with Gasteiger partial charge in [-0.25, -0.2) is 9.18 Å². The third-order valence-corrected chi connectivity index (χ3v) is 2.44. The number of anilines is 2. The second kappa shape index (κ2) is 6.51. The number of hydrogen-bond donors (Lipinski definition) is 2. The molecule has 0 unspecified atom stereocenters. The van der Waals surface area contributed by atoms with Crippen LogP contribution < -0.4 is 15.4 Å². The van der Waals surface area contributed by atoms with E-state index in [1.165, 1.54) is 31.2 Å². The van der Waals surface area contributed by atoms with Gasteiger partial charge in [-0.05, 0) is 30.3 Å². The molecule has 2 rings (SSSR count). The van der Waals surface area contributed by atoms with E-state index in [9.17, 15) is 14.0 Å². The Bertz CT molecular complexity index is 673. The van der Waals surface area contributed by atoms with Crippen molar-refractivity contribution < 1.29 is 18.7 Å². The normalized spacial score (nSPS) is 9.81. The predicted octanol–water partition coefficient (Wildman–Crippen LogP) is 3.40. The molecule has 0 atom stereocenters. The Morgan fingerprint density at radius 2 is 1.62 bits per heavy atom. The number of urea groups is 1. The van der Waals surface area contributed by atoms with Crippen LogP contribution >= 0.6 is 0 Å². The van der Waals surface area contributed by atoms with E-state index in [1.807, 2.05) is 0 Å². The molecule has 0 aliphatic carbocycles. The molecule has 0 spiro atoms. The first-order valence-corrected chi connectivity index (χ1v) is 6.15. The summed E-state index contributed by atoms with van der Waals surface area (Å²) in [4.78, 5) is 22.6. The first kappa shape index (κ1) is 14.5. The third-order valence-electron chi connectivity index (χ3n) is 2.44. The molecule has 6 heteroatoms. The Morgan fingerprint density at radius 3 is 2.24 bits per heavy atom. The van der Waals surface area contributed by atoms with Crippen molar-refractivity contribution in [2.24, 2.45) is 0 Å². The molecular weight excluding hydrogens is 275 g/mol. The van der Waals surface area contributed by atoms with Gasteiger partial charge in [0, 0.05) is 24.4 Å². The highest BCUT2D eigenvalue weighted by atomic mass is 19.1. The molecule has 0 fully saturated rings. The van der Waals surface area contributed by atoms with Gasteiger partial charge < -0.3 is 15.4 Å². The Morgan fingerprint density at radius 1 is 1.00 bits per heavy atom. The number of carbonyl (C=O) groups is 2. The highest BCUT2D eigenvalue weighted by Crippen LogP contribution is 2.18. The molecule has 0 saturated carbocycles. The zero-order valence-corrected chi connectivity index (χ0v) is 11.2. The minimum absolute atomic E-state index is 0.325. The van der Waals surface area contributed by atoms with Gasteiger partial charge in [-0.3, -0.25) is 4.79 Å². The highest BCUT2D eigenvalue weighted by Gasteiger charge is 2.05. The van der Waals surface area contributed by atoms with Gasteiger partial charge in [0.05, 0.1) is 0 Å². The molecule has 0 radical (unpaired) electrons. The summed E-state index contributed by atoms with van der Waals surface area (Å²) >= 11 is 0. The van der Waals surface area contributed by atoms with Crippen molar-refractivity contribution in [1.29, 1.82) is 0 Å². The second-order valence-corrected chi connectivity index (χ2v) is 4.21. The van der Waals surface area contributed by atoms with E-state index in [1.54, 1.807) is 24.3 Å². The van der Waals surface area contributed by atoms with Crippen LogP contribution in [0.1, 0.15) is 6.92 Å². The average molecular weight is 288 g/mol. The predicted molar refractivity (Wildman–Crippen MR) is 76.8 cm³/mol. The summed E-state index contributed by atoms with van der Waals surface area (Å²) in [6.07, 6.45) is 0. The van der Waals surface area contributed by atoms with E-state index in [-0.39, 0.29) is 0 Å². The summed E-state index contributed by atoms with van der Waals surface area (Å²) in [6.45, 7) is 1.29. The maximum absolute atomic E-state index is 13.0. The lowest BCUT2D eigenvalue weighted by atomic mass is 10.3. The number of benzene rings is 2. The summed E-state index contributed by atoms with van der Waals surface area (Å²) in [5.74, 6) is -0.563. The zero-order valence-electron chi connectivity index (χ0n) is 11.2. The number of nitrogens with one attached hydrogen (secondary N) is 2. The molecule has 2 amide bonds. The van der Waals surface area contributed by atoms with E-state index in [4.69, 9.17) is 4.74 Å². The molecule has 5 nitrogen and oxygen atoms in total. The average Bonchev–Trinajstić information content (AvgIpc) is 2.37. The zero-order chi connectivity index (χ0) is 15.2. The number of rotatable bonds is 3. The molecule has 0 aliphatic heterocycles. The maximum atomic E-state index is 13.0. The fourth-order valence-corrected chi connectivity index (χ4v) is 1.66. The molecular formula is C15H13FN2O3. The van der Waals surface area contributed by atoms with Gasteiger partial charge in [-0.1, -0.05) is 12.1 Å². The number of halogens is 1. The SMILES string of the molecule is CC(=O)Oc1cccc(NC(=O)Nc2cccc(F)c2)c1. The van der Waals surface area contributed by atoms with Crippen molar-refractivity contribution in [3.63, 3.8) is 0 Å². The molecule has 0 saturated heterocycles. The molecule has 21 heavy (non-hydrogen) atoms. The first-order valence-electron chi connectivity index (χ1n) is 6.15. The van der Waals surface area contributed by atoms with Crippen LogP contribution in [-0.4, -0.2) is 12.0 Å². The van der Waals surface area contributed by atoms with Crippen molar-refractivity contribution in [2.75, 3.05) is 10.6 Å². The van der Waals surface area contributed by atoms with Gasteiger partial charge in [0.1, 0.15) is 11.6 Å². The standard InChI is InChI=1S/C15H13FN2O3/c1-10(19)21-14-7-3-6-13(9-14)18-15(20)17-12-5-2-4-11(16)8-12/h2-9H,1H3,(H2,17,18,20). The first-order chi connectivity index (χ1) is 10.0. The van der Waals surface area contributed by atoms with Gasteiger partial charge in [0.15, 0.2) is 0 Å². The molecule has 0 aromatic heterocycles. The lowest BCUT2D eigenvalue weighted by Gasteiger charge is -2.09. The lowest BCUT2D eigenvalue weighted by molar-refractivity contribution is -0.131. The van der Waals surface area contributed by atoms with Crippen molar-refractivity contribution >= 4 is 23.4 Å². The van der Waals surface area contributed by atoms with Gasteiger partial charge in [0.2, 0.25) is 0 Å². The number of amides is 2. The fourth-order valence-electron chi connectivity index (χ4n) is 1.66. The third kappa shape index (κ3) is 4.61. The van der Waals surface area contributed by atoms with Gasteiger partial charge in [-0.2, -0.15) is 0 Å². The van der Waals surface area contributed by atoms with Crippen molar-refractivity contribution in [3.8, 4) is 5.75 Å². The molecule has 2 aromatic rings. The second-order valence-electron chi connectivity index (χ2n) is 4.21. The molecule has 108 valence electrons. The lowest BCUT2D eigenvalue weighted by Crippen LogP contribution is -2.19. The Kier molecular flexibility index (Phi) is 4.50. The Labute approximate surface area is 120 Å². The molecule has 0 heterocycles. The summed E-state index contributed by atoms with van der Waals surface area (Å²) in [6, 6.07) is 11.4. The summed E-state index contributed by atoms with van der Waals surface area (Å²) in [7, 11) is 0. The molecule has 2 N–H and O–H groups in total. The van der Waals surface area contributed by atoms with E-state index in [0.717, 1.165) is 0 Å². The smallest absolute Gasteiger partial charge is 0.323 e. The van der Waals surface area contributed by atoms with Crippen LogP contribution in [0.25, 0.3) is 0 Å². The minimum atomic E-state index is -0.527. The van der Waals surface area contributed by atoms with Crippen molar-refractivity contribution in [1.82, 2.24) is 0 Å². The minimum Gasteiger partial charge on any atom is -0.427 e. The molecule has 0 bridgehead atoms. The largest absolute Gasteiger partial charge is 0.427 e. The topological polar surface area (TPSA) is 67.4 Å². The fraction of sp³-hybridized carbons (Fsp3) is 0.0667. The molecule has 0 aliphatic rings. The van der Waals surface area contributed by atoms with Crippen molar-refractivity contribution in [3.05, 3.63) is 54.3 Å². The monoisotopic (exact) mass is 288 g/mol. The quantitative estimate of drug-likeness (QED) is 0.672. The molecule has 2 aromatic carbocycles. The number of ether oxygens (including phenoxy) is 1. The summed E-state index contributed by atoms with van der Waals surface area (Å²) in [5, 5.41) is 5.05. The summed E-state index contributed by atoms with van der Waals surface area (Å²) < 4.78 is 17.9. The highest BCUT2D eigenvalue weighted by molar-refractivity contribution is 5.99. The van der Waals surface area contributed by atoms with E-state index in [2.05, 4.69) is 10.6 Å². The van der Waals surface area contributed by atoms with Crippen LogP contribution in [0.15, 0.2) is 48.5 Å². The van der Waals surface area contributed by atoms with Gasteiger partial charge in [-0.15, -0.1) is 0 Å². The Hall–Kier alpha value is -2.89. The van der Waals surface area contributed by atoms with Crippen LogP contribution in [0.5, 0.6) is 5.75 Å². The van der Waals surface area contributed by atoms with Crippen LogP contribution in [0, 0.1) is 5.82 Å². The number of carbonyl (C=O) groups excluding carboxylic acids is 2. The maximum Gasteiger partial charge on any atom is 0.323 e. The van der Waals surface area contributed by atoms with Gasteiger partial charge in [0.25, 0.3) is 0 Å². The van der Waals surface area contributed by atoms with Crippen molar-refractivity contribution in [2.45, 2.75) is 6.92 Å². The van der Waals surface area contributed by atoms with E-state index >= 15 is 0 Å².